The van der Waals surface area contributed by atoms with Gasteiger partial charge in [-0.05, 0) is 65.8 Å². The number of nitrogens with one attached hydrogen (secondary N) is 1. The summed E-state index contributed by atoms with van der Waals surface area (Å²) in [5.74, 6) is 0.172. The summed E-state index contributed by atoms with van der Waals surface area (Å²) in [6.07, 6.45) is 4.21. The predicted octanol–water partition coefficient (Wildman–Crippen LogP) is 4.54. The first-order chi connectivity index (χ1) is 23.0. The number of fused-ring (bicyclic) bond motifs is 7. The number of aromatic nitrogens is 1. The third-order valence-electron chi connectivity index (χ3n) is 10.9. The Balaban J connectivity index is 1.45. The van der Waals surface area contributed by atoms with Crippen molar-refractivity contribution in [3.8, 4) is 17.0 Å². The molecular formula is C37H45N4O6S+. The maximum atomic E-state index is 13.4. The number of nitrogens with zero attached hydrogens (tertiary/aromatic N) is 3. The van der Waals surface area contributed by atoms with Crippen molar-refractivity contribution in [2.24, 2.45) is 5.41 Å². The summed E-state index contributed by atoms with van der Waals surface area (Å²) in [5, 5.41) is 21.6. The van der Waals surface area contributed by atoms with Crippen LogP contribution in [-0.4, -0.2) is 78.9 Å². The largest absolute Gasteiger partial charge is 0.497 e. The molecule has 1 aromatic heterocycles. The Morgan fingerprint density at radius 2 is 1.81 bits per heavy atom. The molecule has 2 aliphatic heterocycles. The lowest BCUT2D eigenvalue weighted by Crippen LogP contribution is -2.44. The second kappa shape index (κ2) is 12.6. The van der Waals surface area contributed by atoms with Gasteiger partial charge in [-0.15, -0.1) is 0 Å². The lowest BCUT2D eigenvalue weighted by atomic mass is 9.72. The lowest BCUT2D eigenvalue weighted by Gasteiger charge is -2.33. The van der Waals surface area contributed by atoms with Crippen molar-refractivity contribution in [3.05, 3.63) is 89.0 Å². The first-order valence-corrected chi connectivity index (χ1v) is 18.2. The van der Waals surface area contributed by atoms with Crippen molar-refractivity contribution in [2.45, 2.75) is 63.3 Å². The highest BCUT2D eigenvalue weighted by Gasteiger charge is 2.57. The lowest BCUT2D eigenvalue weighted by molar-refractivity contribution is -0.142. The van der Waals surface area contributed by atoms with Crippen LogP contribution in [0.2, 0.25) is 0 Å². The van der Waals surface area contributed by atoms with E-state index in [-0.39, 0.29) is 11.5 Å². The van der Waals surface area contributed by atoms with E-state index in [1.165, 1.54) is 31.6 Å². The molecule has 3 aliphatic rings. The Labute approximate surface area is 282 Å². The van der Waals surface area contributed by atoms with Crippen LogP contribution >= 0.6 is 0 Å². The summed E-state index contributed by atoms with van der Waals surface area (Å²) < 4.78 is 36.3. The molecule has 3 unspecified atom stereocenters. The van der Waals surface area contributed by atoms with Crippen molar-refractivity contribution in [3.63, 3.8) is 0 Å². The zero-order valence-electron chi connectivity index (χ0n) is 27.8. The van der Waals surface area contributed by atoms with Crippen LogP contribution < -0.4 is 9.46 Å². The van der Waals surface area contributed by atoms with Gasteiger partial charge in [-0.25, -0.2) is 4.72 Å². The van der Waals surface area contributed by atoms with Gasteiger partial charge in [0.15, 0.2) is 0 Å². The van der Waals surface area contributed by atoms with E-state index in [4.69, 9.17) is 9.84 Å². The molecule has 3 heterocycles. The summed E-state index contributed by atoms with van der Waals surface area (Å²) in [6.45, 7) is 2.24. The molecular weight excluding hydrogens is 628 g/mol. The molecule has 7 rings (SSSR count). The number of likely N-dealkylation sites (tertiary alicyclic amines) is 1. The number of methoxy groups -OCH3 is 1. The van der Waals surface area contributed by atoms with Gasteiger partial charge in [0, 0.05) is 68.2 Å². The van der Waals surface area contributed by atoms with Crippen LogP contribution in [0.1, 0.15) is 71.0 Å². The minimum atomic E-state index is -3.99. The number of rotatable bonds is 8. The molecule has 1 saturated carbocycles. The molecule has 48 heavy (non-hydrogen) atoms. The molecule has 11 heteroatoms. The molecule has 0 radical (unpaired) electrons. The van der Waals surface area contributed by atoms with Crippen molar-refractivity contribution in [1.29, 1.82) is 0 Å². The van der Waals surface area contributed by atoms with Crippen LogP contribution in [0.3, 0.4) is 0 Å². The first kappa shape index (κ1) is 32.8. The number of hydrogen-bond acceptors (Lipinski definition) is 6. The van der Waals surface area contributed by atoms with Crippen LogP contribution in [0.4, 0.5) is 0 Å². The normalized spacial score (nSPS) is 22.2. The topological polar surface area (TPSA) is 127 Å². The van der Waals surface area contributed by atoms with E-state index in [0.29, 0.717) is 32.1 Å². The molecule has 1 amide bonds. The van der Waals surface area contributed by atoms with E-state index in [2.05, 4.69) is 38.5 Å². The second-order valence-corrected chi connectivity index (χ2v) is 15.8. The van der Waals surface area contributed by atoms with E-state index in [9.17, 15) is 18.3 Å². The average molecular weight is 674 g/mol. The Hall–Kier alpha value is -3.74. The Morgan fingerprint density at radius 1 is 1.06 bits per heavy atom. The van der Waals surface area contributed by atoms with Crippen LogP contribution in [0.25, 0.3) is 22.2 Å². The van der Waals surface area contributed by atoms with Crippen LogP contribution in [-0.2, 0) is 23.3 Å². The Kier molecular flexibility index (Phi) is 8.62. The molecule has 1 aliphatic carbocycles. The minimum Gasteiger partial charge on any atom is -0.497 e. The monoisotopic (exact) mass is 673 g/mol. The predicted molar refractivity (Wildman–Crippen MR) is 186 cm³/mol. The van der Waals surface area contributed by atoms with Gasteiger partial charge < -0.3 is 19.5 Å². The fourth-order valence-corrected chi connectivity index (χ4v) is 8.97. The van der Waals surface area contributed by atoms with E-state index in [0.717, 1.165) is 63.5 Å². The van der Waals surface area contributed by atoms with Gasteiger partial charge in [0.2, 0.25) is 0 Å². The molecule has 0 spiro atoms. The van der Waals surface area contributed by atoms with Gasteiger partial charge in [0.05, 0.1) is 12.8 Å². The summed E-state index contributed by atoms with van der Waals surface area (Å²) in [4.78, 5) is 15.7. The summed E-state index contributed by atoms with van der Waals surface area (Å²) in [7, 11) is 0.417. The van der Waals surface area contributed by atoms with Gasteiger partial charge in [-0.3, -0.25) is 9.69 Å². The highest BCUT2D eigenvalue weighted by Crippen LogP contribution is 2.56. The highest BCUT2D eigenvalue weighted by atomic mass is 32.2. The quantitative estimate of drug-likeness (QED) is 0.209. The first-order valence-electron chi connectivity index (χ1n) is 16.8. The molecule has 10 nitrogen and oxygen atoms in total. The molecule has 3 atom stereocenters. The summed E-state index contributed by atoms with van der Waals surface area (Å²) >= 11 is 0. The van der Waals surface area contributed by atoms with E-state index < -0.39 is 27.8 Å². The highest BCUT2D eigenvalue weighted by molar-refractivity contribution is 7.87. The number of carbonyl (C=O) groups excluding carboxylic acids is 1. The van der Waals surface area contributed by atoms with Crippen molar-refractivity contribution < 1.29 is 28.2 Å². The fourth-order valence-electron chi connectivity index (χ4n) is 8.43. The zero-order valence-corrected chi connectivity index (χ0v) is 28.6. The van der Waals surface area contributed by atoms with Gasteiger partial charge >= 0.3 is 10.2 Å². The number of benzene rings is 3. The number of ether oxygens (including phenoxy) is 1. The van der Waals surface area contributed by atoms with Crippen molar-refractivity contribution in [1.82, 2.24) is 18.5 Å². The number of carbonyl (C=O) groups is 1. The summed E-state index contributed by atoms with van der Waals surface area (Å²) in [6, 6.07) is 21.9. The number of amides is 1. The third kappa shape index (κ3) is 5.61. The zero-order chi connectivity index (χ0) is 33.8. The number of aliphatic hydroxyl groups is 1. The molecule has 3 aromatic carbocycles. The van der Waals surface area contributed by atoms with Crippen molar-refractivity contribution in [2.75, 3.05) is 34.3 Å². The maximum absolute atomic E-state index is 13.4. The molecule has 2 fully saturated rings. The van der Waals surface area contributed by atoms with Crippen LogP contribution in [0, 0.1) is 5.41 Å². The van der Waals surface area contributed by atoms with Crippen LogP contribution in [0.5, 0.6) is 5.75 Å². The number of aliphatic hydroxyl groups excluding tert-OH is 1. The van der Waals surface area contributed by atoms with Crippen molar-refractivity contribution >= 4 is 27.0 Å². The van der Waals surface area contributed by atoms with Gasteiger partial charge in [-0.2, -0.15) is 12.7 Å². The molecule has 4 N–H and O–H groups in total. The molecule has 1 saturated heterocycles. The average Bonchev–Trinajstić information content (AvgIpc) is 3.57. The van der Waals surface area contributed by atoms with Gasteiger partial charge in [0.1, 0.15) is 11.2 Å². The molecule has 254 valence electrons. The standard InChI is InChI=1S/C37H44N4O6S/c1-39(2)48(45,46)38-35(42)26-14-16-29-32(18-26)41-23-37(36(43)44)22-40(20-24-10-6-4-7-11-24)21-31(37)30-19-27(47-3)15-17-28(30)34(41)33(29)25-12-8-5-9-13-25/h4,6-7,10-11,14-19,25,31,36,43-44H,5,8-9,12-13,20-23H2,1-3H3,(H,38,42)/p+1. The Morgan fingerprint density at radius 3 is 2.50 bits per heavy atom. The smallest absolute Gasteiger partial charge is 0.303 e. The molecule has 0 bridgehead atoms. The van der Waals surface area contributed by atoms with Gasteiger partial charge in [0.25, 0.3) is 12.2 Å². The fraction of sp³-hybridized carbons (Fsp3) is 0.432. The number of hydrogen-bond donors (Lipinski definition) is 2. The van der Waals surface area contributed by atoms with Gasteiger partial charge in [-0.1, -0.05) is 55.7 Å². The third-order valence-corrected chi connectivity index (χ3v) is 12.3. The SMILES string of the molecule is COc1ccc2c(c1)C1CN(Cc3ccccc3)CC1(C(O)[OH2+])Cn1c-2c(C2CCCCC2)c2ccc(C(=O)NS(=O)(=O)N(C)C)cc21. The Bertz CT molecular complexity index is 1950. The second-order valence-electron chi connectivity index (χ2n) is 13.9. The maximum Gasteiger partial charge on any atom is 0.303 e. The van der Waals surface area contributed by atoms with Crippen LogP contribution in [0.15, 0.2) is 66.7 Å². The van der Waals surface area contributed by atoms with E-state index in [1.54, 1.807) is 19.2 Å². The van der Waals surface area contributed by atoms with E-state index in [1.807, 2.05) is 30.3 Å². The minimum absolute atomic E-state index is 0.162. The summed E-state index contributed by atoms with van der Waals surface area (Å²) in [5.41, 5.74) is 5.76. The molecule has 4 aromatic rings. The van der Waals surface area contributed by atoms with E-state index >= 15 is 0 Å².